The van der Waals surface area contributed by atoms with Gasteiger partial charge in [0.2, 0.25) is 5.91 Å². The zero-order valence-electron chi connectivity index (χ0n) is 16.5. The highest BCUT2D eigenvalue weighted by Crippen LogP contribution is 2.28. The van der Waals surface area contributed by atoms with Crippen LogP contribution in [0.25, 0.3) is 0 Å². The summed E-state index contributed by atoms with van der Waals surface area (Å²) in [4.78, 5) is 23.7. The molecule has 0 aromatic heterocycles. The van der Waals surface area contributed by atoms with Crippen LogP contribution < -0.4 is 14.8 Å². The standard InChI is InChI=1S/C22H26ClNO4/c1-4-19(16-7-10-18(23)11-8-16)24-22(26)6-5-13-28-20-12-9-17(15(2)25)14-21(20)27-3/h7-12,14,19H,4-6,13H2,1-3H3,(H,24,26). The first-order chi connectivity index (χ1) is 13.4. The minimum Gasteiger partial charge on any atom is -0.493 e. The molecule has 2 aromatic carbocycles. The molecule has 5 nitrogen and oxygen atoms in total. The number of halogens is 1. The van der Waals surface area contributed by atoms with Crippen molar-refractivity contribution in [3.8, 4) is 11.5 Å². The van der Waals surface area contributed by atoms with Gasteiger partial charge in [0.15, 0.2) is 17.3 Å². The van der Waals surface area contributed by atoms with Crippen LogP contribution in [0.2, 0.25) is 5.02 Å². The van der Waals surface area contributed by atoms with Gasteiger partial charge in [-0.3, -0.25) is 9.59 Å². The summed E-state index contributed by atoms with van der Waals surface area (Å²) in [7, 11) is 1.53. The highest BCUT2D eigenvalue weighted by Gasteiger charge is 2.13. The van der Waals surface area contributed by atoms with Crippen molar-refractivity contribution in [3.05, 3.63) is 58.6 Å². The monoisotopic (exact) mass is 403 g/mol. The lowest BCUT2D eigenvalue weighted by Gasteiger charge is -2.18. The van der Waals surface area contributed by atoms with Crippen LogP contribution >= 0.6 is 11.6 Å². The smallest absolute Gasteiger partial charge is 0.220 e. The normalized spacial score (nSPS) is 11.6. The van der Waals surface area contributed by atoms with Gasteiger partial charge in [-0.05, 0) is 55.7 Å². The van der Waals surface area contributed by atoms with E-state index in [1.165, 1.54) is 14.0 Å². The Hall–Kier alpha value is -2.53. The molecular weight excluding hydrogens is 378 g/mol. The molecule has 0 aliphatic heterocycles. The van der Waals surface area contributed by atoms with Crippen LogP contribution in [0.1, 0.15) is 55.1 Å². The Morgan fingerprint density at radius 3 is 2.43 bits per heavy atom. The Bertz CT molecular complexity index is 805. The summed E-state index contributed by atoms with van der Waals surface area (Å²) in [6.07, 6.45) is 1.72. The topological polar surface area (TPSA) is 64.6 Å². The number of benzene rings is 2. The maximum atomic E-state index is 12.3. The Kier molecular flexibility index (Phi) is 8.33. The number of nitrogens with one attached hydrogen (secondary N) is 1. The quantitative estimate of drug-likeness (QED) is 0.449. The first-order valence-corrected chi connectivity index (χ1v) is 9.69. The van der Waals surface area contributed by atoms with Gasteiger partial charge in [-0.15, -0.1) is 0 Å². The number of hydrogen-bond donors (Lipinski definition) is 1. The van der Waals surface area contributed by atoms with Crippen molar-refractivity contribution in [1.29, 1.82) is 0 Å². The van der Waals surface area contributed by atoms with E-state index >= 15 is 0 Å². The maximum Gasteiger partial charge on any atom is 0.220 e. The molecule has 1 amide bonds. The van der Waals surface area contributed by atoms with E-state index in [0.29, 0.717) is 41.5 Å². The Balaban J connectivity index is 1.82. The van der Waals surface area contributed by atoms with Gasteiger partial charge in [0.05, 0.1) is 19.8 Å². The third kappa shape index (κ3) is 6.27. The molecule has 0 saturated carbocycles. The molecule has 0 heterocycles. The second-order valence-electron chi connectivity index (χ2n) is 6.45. The van der Waals surface area contributed by atoms with Crippen LogP contribution in [0, 0.1) is 0 Å². The number of ether oxygens (including phenoxy) is 2. The number of carbonyl (C=O) groups excluding carboxylic acids is 2. The molecule has 0 saturated heterocycles. The van der Waals surface area contributed by atoms with E-state index < -0.39 is 0 Å². The Morgan fingerprint density at radius 1 is 1.11 bits per heavy atom. The van der Waals surface area contributed by atoms with E-state index in [4.69, 9.17) is 21.1 Å². The van der Waals surface area contributed by atoms with Crippen molar-refractivity contribution >= 4 is 23.3 Å². The van der Waals surface area contributed by atoms with E-state index in [-0.39, 0.29) is 17.7 Å². The van der Waals surface area contributed by atoms with Crippen molar-refractivity contribution in [2.75, 3.05) is 13.7 Å². The highest BCUT2D eigenvalue weighted by molar-refractivity contribution is 6.30. The third-order valence-electron chi connectivity index (χ3n) is 4.39. The lowest BCUT2D eigenvalue weighted by molar-refractivity contribution is -0.122. The second-order valence-corrected chi connectivity index (χ2v) is 6.89. The van der Waals surface area contributed by atoms with Gasteiger partial charge in [-0.1, -0.05) is 30.7 Å². The van der Waals surface area contributed by atoms with E-state index in [1.54, 1.807) is 18.2 Å². The van der Waals surface area contributed by atoms with Gasteiger partial charge in [0.1, 0.15) is 0 Å². The number of amides is 1. The molecule has 0 spiro atoms. The van der Waals surface area contributed by atoms with E-state index in [9.17, 15) is 9.59 Å². The molecule has 0 radical (unpaired) electrons. The summed E-state index contributed by atoms with van der Waals surface area (Å²) in [6.45, 7) is 3.90. The minimum atomic E-state index is -0.0371. The van der Waals surface area contributed by atoms with Crippen LogP contribution in [0.4, 0.5) is 0 Å². The summed E-state index contributed by atoms with van der Waals surface area (Å²) in [5, 5.41) is 3.72. The fourth-order valence-corrected chi connectivity index (χ4v) is 2.93. The van der Waals surface area contributed by atoms with Crippen LogP contribution in [0.5, 0.6) is 11.5 Å². The van der Waals surface area contributed by atoms with Gasteiger partial charge >= 0.3 is 0 Å². The highest BCUT2D eigenvalue weighted by atomic mass is 35.5. The zero-order valence-corrected chi connectivity index (χ0v) is 17.2. The number of rotatable bonds is 10. The predicted octanol–water partition coefficient (Wildman–Crippen LogP) is 4.98. The molecular formula is C22H26ClNO4. The largest absolute Gasteiger partial charge is 0.493 e. The van der Waals surface area contributed by atoms with Crippen LogP contribution in [0.15, 0.2) is 42.5 Å². The fraction of sp³-hybridized carbons (Fsp3) is 0.364. The van der Waals surface area contributed by atoms with Crippen LogP contribution in [0.3, 0.4) is 0 Å². The van der Waals surface area contributed by atoms with E-state index in [0.717, 1.165) is 12.0 Å². The summed E-state index contributed by atoms with van der Waals surface area (Å²) in [6, 6.07) is 12.5. The molecule has 1 unspecified atom stereocenters. The molecule has 1 atom stereocenters. The molecule has 0 aliphatic carbocycles. The third-order valence-corrected chi connectivity index (χ3v) is 4.64. The molecule has 150 valence electrons. The second kappa shape index (κ2) is 10.7. The summed E-state index contributed by atoms with van der Waals surface area (Å²) >= 11 is 5.92. The van der Waals surface area contributed by atoms with Crippen molar-refractivity contribution in [2.45, 2.75) is 39.2 Å². The Labute approximate surface area is 171 Å². The molecule has 2 rings (SSSR count). The molecule has 0 aliphatic rings. The average Bonchev–Trinajstić information content (AvgIpc) is 2.70. The van der Waals surface area contributed by atoms with Gasteiger partial charge in [0, 0.05) is 17.0 Å². The number of Topliss-reactive ketones (excluding diaryl/α,β-unsaturated/α-hetero) is 1. The summed E-state index contributed by atoms with van der Waals surface area (Å²) in [5.41, 5.74) is 1.60. The van der Waals surface area contributed by atoms with Crippen LogP contribution in [-0.4, -0.2) is 25.4 Å². The Morgan fingerprint density at radius 2 is 1.82 bits per heavy atom. The molecule has 6 heteroatoms. The van der Waals surface area contributed by atoms with Gasteiger partial charge < -0.3 is 14.8 Å². The van der Waals surface area contributed by atoms with Gasteiger partial charge in [-0.2, -0.15) is 0 Å². The fourth-order valence-electron chi connectivity index (χ4n) is 2.80. The number of hydrogen-bond acceptors (Lipinski definition) is 4. The SMILES string of the molecule is CCC(NC(=O)CCCOc1ccc(C(C)=O)cc1OC)c1ccc(Cl)cc1. The minimum absolute atomic E-state index is 0.0238. The van der Waals surface area contributed by atoms with Gasteiger partial charge in [-0.25, -0.2) is 0 Å². The van der Waals surface area contributed by atoms with Crippen molar-refractivity contribution in [3.63, 3.8) is 0 Å². The van der Waals surface area contributed by atoms with E-state index in [2.05, 4.69) is 5.32 Å². The van der Waals surface area contributed by atoms with Crippen molar-refractivity contribution in [2.24, 2.45) is 0 Å². The maximum absolute atomic E-state index is 12.3. The number of carbonyl (C=O) groups is 2. The average molecular weight is 404 g/mol. The molecule has 0 fully saturated rings. The predicted molar refractivity (Wildman–Crippen MR) is 110 cm³/mol. The zero-order chi connectivity index (χ0) is 20.5. The van der Waals surface area contributed by atoms with Crippen LogP contribution in [-0.2, 0) is 4.79 Å². The lowest BCUT2D eigenvalue weighted by atomic mass is 10.0. The van der Waals surface area contributed by atoms with Crippen molar-refractivity contribution < 1.29 is 19.1 Å². The molecule has 2 aromatic rings. The number of ketones is 1. The molecule has 28 heavy (non-hydrogen) atoms. The first-order valence-electron chi connectivity index (χ1n) is 9.31. The van der Waals surface area contributed by atoms with Gasteiger partial charge in [0.25, 0.3) is 0 Å². The summed E-state index contributed by atoms with van der Waals surface area (Å²) in [5.74, 6) is 1.00. The summed E-state index contributed by atoms with van der Waals surface area (Å²) < 4.78 is 11.0. The number of methoxy groups -OCH3 is 1. The lowest BCUT2D eigenvalue weighted by Crippen LogP contribution is -2.28. The molecule has 1 N–H and O–H groups in total. The van der Waals surface area contributed by atoms with Crippen molar-refractivity contribution in [1.82, 2.24) is 5.32 Å². The van der Waals surface area contributed by atoms with E-state index in [1.807, 2.05) is 31.2 Å². The molecule has 0 bridgehead atoms. The first kappa shape index (κ1) is 21.8.